The summed E-state index contributed by atoms with van der Waals surface area (Å²) in [6.07, 6.45) is 6.48. The summed E-state index contributed by atoms with van der Waals surface area (Å²) in [7, 11) is -1.30. The lowest BCUT2D eigenvalue weighted by atomic mass is 9.78. The summed E-state index contributed by atoms with van der Waals surface area (Å²) in [5.74, 6) is 0. The predicted octanol–water partition coefficient (Wildman–Crippen LogP) is 2.18. The van der Waals surface area contributed by atoms with E-state index < -0.39 is 13.9 Å². The van der Waals surface area contributed by atoms with Crippen LogP contribution in [0.2, 0.25) is 0 Å². The summed E-state index contributed by atoms with van der Waals surface area (Å²) in [5.41, 5.74) is 0.394. The Morgan fingerprint density at radius 3 is 2.83 bits per heavy atom. The average molecular weight is 184 g/mol. The third-order valence-electron chi connectivity index (χ3n) is 2.53. The molecule has 0 spiro atoms. The Hall–Kier alpha value is -0.620. The second kappa shape index (κ2) is 3.40. The van der Waals surface area contributed by atoms with Gasteiger partial charge < -0.3 is 4.57 Å². The first-order valence-corrected chi connectivity index (χ1v) is 4.99. The van der Waals surface area contributed by atoms with Gasteiger partial charge in [0.15, 0.2) is 5.52 Å². The van der Waals surface area contributed by atoms with Crippen LogP contribution < -0.4 is 0 Å². The Labute approximate surface area is 73.6 Å². The molecule has 0 bridgehead atoms. The lowest BCUT2D eigenvalue weighted by Gasteiger charge is -2.27. The zero-order valence-corrected chi connectivity index (χ0v) is 8.49. The number of allylic oxidation sites excluding steroid dienone is 4. The molecule has 3 heteroatoms. The topological polar surface area (TPSA) is 34.1 Å². The Kier molecular flexibility index (Phi) is 2.69. The molecule has 2 unspecified atom stereocenters. The minimum atomic E-state index is -1.30. The molecule has 0 amide bonds. The van der Waals surface area contributed by atoms with Gasteiger partial charge in [0.05, 0.1) is 5.41 Å². The highest BCUT2D eigenvalue weighted by Gasteiger charge is 2.33. The first-order valence-electron chi connectivity index (χ1n) is 3.95. The van der Waals surface area contributed by atoms with Crippen LogP contribution in [0.5, 0.6) is 0 Å². The largest absolute Gasteiger partial charge is 0.322 e. The van der Waals surface area contributed by atoms with Crippen molar-refractivity contribution in [1.29, 1.82) is 0 Å². The van der Waals surface area contributed by atoms with E-state index in [0.717, 1.165) is 5.57 Å². The first kappa shape index (κ1) is 9.47. The van der Waals surface area contributed by atoms with Crippen LogP contribution in [-0.2, 0) is 9.36 Å². The average Bonchev–Trinajstić information content (AvgIpc) is 2.09. The number of hydrogen-bond acceptors (Lipinski definition) is 2. The van der Waals surface area contributed by atoms with Gasteiger partial charge in [0.2, 0.25) is 0 Å². The maximum atomic E-state index is 11.3. The Morgan fingerprint density at radius 2 is 2.33 bits per heavy atom. The zero-order valence-electron chi connectivity index (χ0n) is 7.33. The van der Waals surface area contributed by atoms with Crippen LogP contribution in [0.25, 0.3) is 0 Å². The quantitative estimate of drug-likeness (QED) is 0.616. The molecular weight excluding hydrogens is 171 g/mol. The maximum Gasteiger partial charge on any atom is 0.195 e. The van der Waals surface area contributed by atoms with Gasteiger partial charge in [-0.15, -0.1) is 0 Å². The van der Waals surface area contributed by atoms with Crippen LogP contribution in [0.3, 0.4) is 0 Å². The van der Waals surface area contributed by atoms with Crippen molar-refractivity contribution in [2.75, 3.05) is 0 Å². The molecule has 0 aromatic rings. The van der Waals surface area contributed by atoms with E-state index in [1.165, 1.54) is 0 Å². The van der Waals surface area contributed by atoms with Gasteiger partial charge in [-0.05, 0) is 20.3 Å². The highest BCUT2D eigenvalue weighted by atomic mass is 31.1. The fourth-order valence-corrected chi connectivity index (χ4v) is 1.89. The van der Waals surface area contributed by atoms with Crippen molar-refractivity contribution >= 4 is 14.0 Å². The zero-order chi connectivity index (χ0) is 9.19. The molecule has 0 aromatic heterocycles. The van der Waals surface area contributed by atoms with E-state index in [9.17, 15) is 9.36 Å². The van der Waals surface area contributed by atoms with Crippen molar-refractivity contribution in [3.05, 3.63) is 23.8 Å². The van der Waals surface area contributed by atoms with Gasteiger partial charge in [0.25, 0.3) is 0 Å². The van der Waals surface area contributed by atoms with E-state index in [4.69, 9.17) is 0 Å². The summed E-state index contributed by atoms with van der Waals surface area (Å²) in [6, 6.07) is 0. The van der Waals surface area contributed by atoms with Gasteiger partial charge in [-0.2, -0.15) is 0 Å². The normalized spacial score (nSPS) is 29.3. The molecule has 0 heterocycles. The van der Waals surface area contributed by atoms with Crippen molar-refractivity contribution in [2.24, 2.45) is 5.41 Å². The number of carbonyl (C=O) groups is 1. The highest BCUT2D eigenvalue weighted by Crippen LogP contribution is 2.37. The molecule has 0 saturated carbocycles. The van der Waals surface area contributed by atoms with Crippen LogP contribution in [0.1, 0.15) is 20.3 Å². The molecule has 66 valence electrons. The molecule has 1 aliphatic carbocycles. The Balaban J connectivity index is 3.00. The second-order valence-corrected chi connectivity index (χ2v) is 4.06. The number of carbonyl (C=O) groups excluding carboxylic acids is 1. The summed E-state index contributed by atoms with van der Waals surface area (Å²) >= 11 is 0. The number of rotatable bonds is 2. The predicted molar refractivity (Wildman–Crippen MR) is 51.0 cm³/mol. The standard InChI is InChI=1S/C9H13O2P/c1-7-5-3-4-6-9(7,2)8(10)12-11/h3-5H,6,12H2,1-2H3. The molecule has 0 radical (unpaired) electrons. The van der Waals surface area contributed by atoms with Crippen LogP contribution in [0.15, 0.2) is 23.8 Å². The molecule has 0 aromatic carbocycles. The number of hydrogen-bond donors (Lipinski definition) is 0. The molecule has 0 N–H and O–H groups in total. The summed E-state index contributed by atoms with van der Waals surface area (Å²) < 4.78 is 10.6. The van der Waals surface area contributed by atoms with Gasteiger partial charge in [0, 0.05) is 0 Å². The monoisotopic (exact) mass is 184 g/mol. The third kappa shape index (κ3) is 1.44. The van der Waals surface area contributed by atoms with Crippen LogP contribution in [0.4, 0.5) is 0 Å². The molecule has 0 saturated heterocycles. The summed E-state index contributed by atoms with van der Waals surface area (Å²) in [5, 5.41) is 0. The molecule has 0 aliphatic heterocycles. The van der Waals surface area contributed by atoms with Crippen LogP contribution in [-0.4, -0.2) is 5.52 Å². The Bertz CT molecular complexity index is 278. The molecular formula is C9H13O2P. The smallest absolute Gasteiger partial charge is 0.195 e. The van der Waals surface area contributed by atoms with Crippen LogP contribution >= 0.6 is 8.46 Å². The van der Waals surface area contributed by atoms with Gasteiger partial charge in [-0.3, -0.25) is 4.79 Å². The van der Waals surface area contributed by atoms with Crippen LogP contribution in [0, 0.1) is 5.41 Å². The summed E-state index contributed by atoms with van der Waals surface area (Å²) in [6.45, 7) is 3.77. The van der Waals surface area contributed by atoms with E-state index >= 15 is 0 Å². The van der Waals surface area contributed by atoms with Crippen molar-refractivity contribution in [1.82, 2.24) is 0 Å². The SMILES string of the molecule is CC1=CC=CCC1(C)C(=O)[PH2]=O. The van der Waals surface area contributed by atoms with Crippen molar-refractivity contribution in [2.45, 2.75) is 20.3 Å². The minimum absolute atomic E-state index is 0.124. The minimum Gasteiger partial charge on any atom is -0.322 e. The Morgan fingerprint density at radius 1 is 1.67 bits per heavy atom. The lowest BCUT2D eigenvalue weighted by Crippen LogP contribution is -2.25. The fraction of sp³-hybridized carbons (Fsp3) is 0.444. The van der Waals surface area contributed by atoms with E-state index in [0.29, 0.717) is 6.42 Å². The molecule has 2 atom stereocenters. The van der Waals surface area contributed by atoms with E-state index in [2.05, 4.69) is 0 Å². The highest BCUT2D eigenvalue weighted by molar-refractivity contribution is 7.46. The maximum absolute atomic E-state index is 11.3. The van der Waals surface area contributed by atoms with E-state index in [1.54, 1.807) is 0 Å². The molecule has 1 rings (SSSR count). The van der Waals surface area contributed by atoms with E-state index in [1.807, 2.05) is 32.1 Å². The second-order valence-electron chi connectivity index (χ2n) is 3.30. The van der Waals surface area contributed by atoms with E-state index in [-0.39, 0.29) is 5.52 Å². The summed E-state index contributed by atoms with van der Waals surface area (Å²) in [4.78, 5) is 11.3. The molecule has 2 nitrogen and oxygen atoms in total. The van der Waals surface area contributed by atoms with Gasteiger partial charge in [-0.25, -0.2) is 0 Å². The van der Waals surface area contributed by atoms with Gasteiger partial charge >= 0.3 is 0 Å². The molecule has 0 fully saturated rings. The van der Waals surface area contributed by atoms with Crippen molar-refractivity contribution in [3.8, 4) is 0 Å². The third-order valence-corrected chi connectivity index (χ3v) is 3.38. The molecule has 1 aliphatic rings. The van der Waals surface area contributed by atoms with Gasteiger partial charge in [-0.1, -0.05) is 23.8 Å². The lowest BCUT2D eigenvalue weighted by molar-refractivity contribution is -0.117. The van der Waals surface area contributed by atoms with Gasteiger partial charge in [0.1, 0.15) is 8.46 Å². The first-order chi connectivity index (χ1) is 5.61. The molecule has 12 heavy (non-hydrogen) atoms. The van der Waals surface area contributed by atoms with Crippen molar-refractivity contribution in [3.63, 3.8) is 0 Å². The fourth-order valence-electron chi connectivity index (χ4n) is 1.29. The van der Waals surface area contributed by atoms with Crippen molar-refractivity contribution < 1.29 is 9.36 Å².